The van der Waals surface area contributed by atoms with Gasteiger partial charge >= 0.3 is 5.97 Å². The van der Waals surface area contributed by atoms with Gasteiger partial charge in [-0.2, -0.15) is 0 Å². The van der Waals surface area contributed by atoms with Crippen LogP contribution in [0, 0.1) is 5.41 Å². The van der Waals surface area contributed by atoms with Crippen molar-refractivity contribution in [2.75, 3.05) is 0 Å². The van der Waals surface area contributed by atoms with Crippen LogP contribution in [-0.4, -0.2) is 25.0 Å². The van der Waals surface area contributed by atoms with Crippen LogP contribution in [0.2, 0.25) is 0 Å². The molecule has 2 aromatic carbocycles. The molecule has 1 aliphatic rings. The van der Waals surface area contributed by atoms with E-state index in [1.165, 1.54) is 0 Å². The molecule has 7 heteroatoms. The Bertz CT molecular complexity index is 1210. The zero-order valence-corrected chi connectivity index (χ0v) is 19.6. The highest BCUT2D eigenvalue weighted by Gasteiger charge is 2.40. The molecule has 0 bridgehead atoms. The molecule has 6 nitrogen and oxygen atoms in total. The minimum Gasteiger partial charge on any atom is -0.457 e. The van der Waals surface area contributed by atoms with Crippen LogP contribution in [-0.2, 0) is 26.6 Å². The number of fused-ring (bicyclic) bond motifs is 1. The number of carbonyl (C=O) groups excluding carboxylic acids is 1. The third-order valence-corrected chi connectivity index (χ3v) is 8.14. The van der Waals surface area contributed by atoms with Gasteiger partial charge in [-0.1, -0.05) is 30.3 Å². The van der Waals surface area contributed by atoms with Crippen molar-refractivity contribution in [3.8, 4) is 0 Å². The number of ether oxygens (including phenoxy) is 1. The van der Waals surface area contributed by atoms with E-state index in [4.69, 9.17) is 4.74 Å². The predicted octanol–water partition coefficient (Wildman–Crippen LogP) is 4.71. The SMILES string of the molecule is C[C@@H](OC(=O)C1(C)CCC(NS(=O)(=O)c2ccc3c(ccn3C)c2)CC1)c1ccccc1. The molecule has 1 saturated carbocycles. The molecule has 0 aliphatic heterocycles. The van der Waals surface area contributed by atoms with Gasteiger partial charge in [-0.3, -0.25) is 4.79 Å². The Hall–Kier alpha value is -2.64. The number of esters is 1. The van der Waals surface area contributed by atoms with Gasteiger partial charge in [0.15, 0.2) is 0 Å². The molecule has 1 N–H and O–H groups in total. The van der Waals surface area contributed by atoms with Gasteiger partial charge in [0.1, 0.15) is 6.10 Å². The summed E-state index contributed by atoms with van der Waals surface area (Å²) in [6.45, 7) is 3.79. The Balaban J connectivity index is 1.37. The molecule has 0 spiro atoms. The third kappa shape index (κ3) is 4.59. The van der Waals surface area contributed by atoms with Crippen LogP contribution < -0.4 is 4.72 Å². The van der Waals surface area contributed by atoms with E-state index >= 15 is 0 Å². The lowest BCUT2D eigenvalue weighted by atomic mass is 9.74. The van der Waals surface area contributed by atoms with Crippen LogP contribution in [0.5, 0.6) is 0 Å². The van der Waals surface area contributed by atoms with E-state index in [-0.39, 0.29) is 23.0 Å². The first-order valence-corrected chi connectivity index (χ1v) is 12.5. The quantitative estimate of drug-likeness (QED) is 0.547. The first kappa shape index (κ1) is 22.6. The number of hydrogen-bond donors (Lipinski definition) is 1. The number of nitrogens with zero attached hydrogens (tertiary/aromatic N) is 1. The van der Waals surface area contributed by atoms with Crippen molar-refractivity contribution >= 4 is 26.9 Å². The van der Waals surface area contributed by atoms with Crippen molar-refractivity contribution in [1.29, 1.82) is 0 Å². The topological polar surface area (TPSA) is 77.4 Å². The van der Waals surface area contributed by atoms with Crippen molar-refractivity contribution in [3.05, 3.63) is 66.4 Å². The smallest absolute Gasteiger partial charge is 0.312 e. The zero-order valence-electron chi connectivity index (χ0n) is 18.7. The molecule has 0 unspecified atom stereocenters. The minimum atomic E-state index is -3.63. The minimum absolute atomic E-state index is 0.195. The summed E-state index contributed by atoms with van der Waals surface area (Å²) in [5.41, 5.74) is 1.34. The number of benzene rings is 2. The number of rotatable bonds is 6. The molecule has 32 heavy (non-hydrogen) atoms. The molecule has 170 valence electrons. The van der Waals surface area contributed by atoms with E-state index in [1.54, 1.807) is 12.1 Å². The molecule has 1 heterocycles. The van der Waals surface area contributed by atoms with Gasteiger partial charge in [0.25, 0.3) is 0 Å². The standard InChI is InChI=1S/C25H30N2O4S/c1-18(19-7-5-4-6-8-19)31-24(28)25(2)14-11-21(12-15-25)26-32(29,30)22-9-10-23-20(17-22)13-16-27(23)3/h4-10,13,16-18,21,26H,11-12,14-15H2,1-3H3/t18-,21?,25?/m1/s1. The summed E-state index contributed by atoms with van der Waals surface area (Å²) in [4.78, 5) is 13.1. The molecular formula is C25H30N2O4S. The van der Waals surface area contributed by atoms with Gasteiger partial charge in [-0.05, 0) is 69.4 Å². The number of hydrogen-bond acceptors (Lipinski definition) is 4. The summed E-state index contributed by atoms with van der Waals surface area (Å²) in [7, 11) is -1.70. The van der Waals surface area contributed by atoms with Crippen molar-refractivity contribution in [2.24, 2.45) is 12.5 Å². The van der Waals surface area contributed by atoms with E-state index in [0.717, 1.165) is 16.5 Å². The molecule has 3 aromatic rings. The first-order chi connectivity index (χ1) is 15.2. The lowest BCUT2D eigenvalue weighted by molar-refractivity contribution is -0.162. The largest absolute Gasteiger partial charge is 0.457 e. The second-order valence-corrected chi connectivity index (χ2v) is 10.8. The highest BCUT2D eigenvalue weighted by atomic mass is 32.2. The maximum absolute atomic E-state index is 12.9. The summed E-state index contributed by atoms with van der Waals surface area (Å²) in [5, 5.41) is 0.891. The fourth-order valence-electron chi connectivity index (χ4n) is 4.39. The van der Waals surface area contributed by atoms with Gasteiger partial charge in [-0.25, -0.2) is 13.1 Å². The number of aryl methyl sites for hydroxylation is 1. The van der Waals surface area contributed by atoms with E-state index in [9.17, 15) is 13.2 Å². The number of sulfonamides is 1. The van der Waals surface area contributed by atoms with Crippen LogP contribution in [0.3, 0.4) is 0 Å². The molecule has 0 saturated heterocycles. The van der Waals surface area contributed by atoms with Crippen molar-refractivity contribution < 1.29 is 17.9 Å². The molecule has 1 aliphatic carbocycles. The number of aromatic nitrogens is 1. The fraction of sp³-hybridized carbons (Fsp3) is 0.400. The van der Waals surface area contributed by atoms with Crippen LogP contribution in [0.25, 0.3) is 10.9 Å². The molecule has 0 radical (unpaired) electrons. The van der Waals surface area contributed by atoms with Gasteiger partial charge in [0.05, 0.1) is 10.3 Å². The average molecular weight is 455 g/mol. The second kappa shape index (κ2) is 8.71. The molecule has 1 aromatic heterocycles. The highest BCUT2D eigenvalue weighted by Crippen LogP contribution is 2.39. The Morgan fingerprint density at radius 2 is 1.81 bits per heavy atom. The monoisotopic (exact) mass is 454 g/mol. The van der Waals surface area contributed by atoms with Gasteiger partial charge in [0.2, 0.25) is 10.0 Å². The molecule has 4 rings (SSSR count). The Kier molecular flexibility index (Phi) is 6.14. The van der Waals surface area contributed by atoms with E-state index in [2.05, 4.69) is 4.72 Å². The molecule has 0 amide bonds. The van der Waals surface area contributed by atoms with Gasteiger partial charge < -0.3 is 9.30 Å². The summed E-state index contributed by atoms with van der Waals surface area (Å²) < 4.78 is 36.4. The first-order valence-electron chi connectivity index (χ1n) is 11.0. The zero-order chi connectivity index (χ0) is 22.9. The number of nitrogens with one attached hydrogen (secondary N) is 1. The summed E-state index contributed by atoms with van der Waals surface area (Å²) in [6.07, 6.45) is 3.95. The van der Waals surface area contributed by atoms with Crippen LogP contribution >= 0.6 is 0 Å². The molecule has 1 fully saturated rings. The van der Waals surface area contributed by atoms with E-state index < -0.39 is 15.4 Å². The Labute approximate surface area is 189 Å². The van der Waals surface area contributed by atoms with Gasteiger partial charge in [0, 0.05) is 30.2 Å². The number of carbonyl (C=O) groups is 1. The second-order valence-electron chi connectivity index (χ2n) is 9.06. The average Bonchev–Trinajstić information content (AvgIpc) is 3.16. The summed E-state index contributed by atoms with van der Waals surface area (Å²) in [6, 6.07) is 16.5. The van der Waals surface area contributed by atoms with E-state index in [1.807, 2.05) is 74.1 Å². The van der Waals surface area contributed by atoms with Gasteiger partial charge in [-0.15, -0.1) is 0 Å². The lowest BCUT2D eigenvalue weighted by Crippen LogP contribution is -2.43. The van der Waals surface area contributed by atoms with Crippen molar-refractivity contribution in [3.63, 3.8) is 0 Å². The van der Waals surface area contributed by atoms with Crippen molar-refractivity contribution in [1.82, 2.24) is 9.29 Å². The predicted molar refractivity (Wildman–Crippen MR) is 125 cm³/mol. The normalized spacial score (nSPS) is 22.5. The Morgan fingerprint density at radius 3 is 2.50 bits per heavy atom. The molecule has 1 atom stereocenters. The highest BCUT2D eigenvalue weighted by molar-refractivity contribution is 7.89. The maximum atomic E-state index is 12.9. The lowest BCUT2D eigenvalue weighted by Gasteiger charge is -2.36. The third-order valence-electron chi connectivity index (χ3n) is 6.62. The Morgan fingerprint density at radius 1 is 1.12 bits per heavy atom. The fourth-order valence-corrected chi connectivity index (χ4v) is 5.73. The van der Waals surface area contributed by atoms with Crippen molar-refractivity contribution in [2.45, 2.75) is 56.6 Å². The maximum Gasteiger partial charge on any atom is 0.312 e. The van der Waals surface area contributed by atoms with E-state index in [0.29, 0.717) is 25.7 Å². The van der Waals surface area contributed by atoms with Crippen LogP contribution in [0.15, 0.2) is 65.7 Å². The van der Waals surface area contributed by atoms with Crippen LogP contribution in [0.1, 0.15) is 51.2 Å². The summed E-state index contributed by atoms with van der Waals surface area (Å²) >= 11 is 0. The van der Waals surface area contributed by atoms with Crippen LogP contribution in [0.4, 0.5) is 0 Å². The molecular weight excluding hydrogens is 424 g/mol. The summed E-state index contributed by atoms with van der Waals surface area (Å²) in [5.74, 6) is -0.218.